The molecule has 7 heteroatoms. The number of urea groups is 1. The molecule has 3 aromatic rings. The molecule has 2 amide bonds. The van der Waals surface area contributed by atoms with Crippen LogP contribution in [0.4, 0.5) is 9.80 Å². The molecule has 0 aromatic carbocycles. The van der Waals surface area contributed by atoms with Gasteiger partial charge in [-0.25, -0.2) is 4.79 Å². The highest BCUT2D eigenvalue weighted by Crippen LogP contribution is 2.22. The summed E-state index contributed by atoms with van der Waals surface area (Å²) >= 11 is 4.31. The molecule has 0 radical (unpaired) electrons. The van der Waals surface area contributed by atoms with Gasteiger partial charge in [-0.15, -0.1) is 34.0 Å². The Morgan fingerprint density at radius 1 is 0.955 bits per heavy atom. The van der Waals surface area contributed by atoms with Gasteiger partial charge >= 0.3 is 6.03 Å². The average Bonchev–Trinajstić information content (AvgIpc) is 3.26. The summed E-state index contributed by atoms with van der Waals surface area (Å²) in [6.07, 6.45) is 0. The Morgan fingerprint density at radius 2 is 1.77 bits per heavy atom. The van der Waals surface area contributed by atoms with Gasteiger partial charge in [0.1, 0.15) is 0 Å². The number of carbonyl (C=O) groups is 2. The highest BCUT2D eigenvalue weighted by Gasteiger charge is 2.13. The van der Waals surface area contributed by atoms with Crippen LogP contribution in [0.2, 0.25) is 0 Å². The summed E-state index contributed by atoms with van der Waals surface area (Å²) in [6.45, 7) is 0.402. The van der Waals surface area contributed by atoms with Gasteiger partial charge in [0.25, 0.3) is 0 Å². The third-order valence-electron chi connectivity index (χ3n) is 2.81. The lowest BCUT2D eigenvalue weighted by atomic mass is 10.3. The monoisotopic (exact) mass is 348 g/mol. The molecule has 0 bridgehead atoms. The van der Waals surface area contributed by atoms with Crippen molar-refractivity contribution in [3.05, 3.63) is 61.8 Å². The Balaban J connectivity index is 1.55. The topological polar surface area (TPSA) is 58.2 Å². The molecule has 4 nitrogen and oxygen atoms in total. The van der Waals surface area contributed by atoms with Crippen LogP contribution in [0.3, 0.4) is 0 Å². The summed E-state index contributed by atoms with van der Waals surface area (Å²) in [5.41, 5.74) is 0. The van der Waals surface area contributed by atoms with Crippen LogP contribution in [-0.4, -0.2) is 11.8 Å². The molecular weight excluding hydrogens is 336 g/mol. The number of hydrogen-bond donors (Lipinski definition) is 2. The molecule has 0 saturated heterocycles. The number of anilines is 1. The Bertz CT molecular complexity index is 761. The molecule has 2 N–H and O–H groups in total. The van der Waals surface area contributed by atoms with Crippen LogP contribution < -0.4 is 10.6 Å². The van der Waals surface area contributed by atoms with Crippen LogP contribution in [0, 0.1) is 0 Å². The van der Waals surface area contributed by atoms with Gasteiger partial charge in [-0.2, -0.15) is 0 Å². The molecule has 3 aromatic heterocycles. The van der Waals surface area contributed by atoms with Crippen LogP contribution >= 0.6 is 34.0 Å². The number of carbonyl (C=O) groups excluding carboxylic acids is 2. The van der Waals surface area contributed by atoms with Gasteiger partial charge in [-0.05, 0) is 41.1 Å². The summed E-state index contributed by atoms with van der Waals surface area (Å²) in [4.78, 5) is 26.3. The number of thiophene rings is 3. The second-order valence-corrected chi connectivity index (χ2v) is 7.42. The molecule has 3 heterocycles. The van der Waals surface area contributed by atoms with E-state index in [-0.39, 0.29) is 11.8 Å². The quantitative estimate of drug-likeness (QED) is 0.670. The highest BCUT2D eigenvalue weighted by molar-refractivity contribution is 7.16. The lowest BCUT2D eigenvalue weighted by Gasteiger charge is -2.04. The van der Waals surface area contributed by atoms with Gasteiger partial charge in [0.05, 0.1) is 21.3 Å². The van der Waals surface area contributed by atoms with E-state index in [1.54, 1.807) is 6.07 Å². The summed E-state index contributed by atoms with van der Waals surface area (Å²) in [7, 11) is 0. The zero-order valence-electron chi connectivity index (χ0n) is 11.4. The number of nitrogens with one attached hydrogen (secondary N) is 2. The molecule has 0 atom stereocenters. The molecule has 0 aliphatic heterocycles. The standard InChI is InChI=1S/C15H12N2O2S3/c18-14(11-3-1-7-20-11)12-6-5-10(22-12)9-16-15(19)17-13-4-2-8-21-13/h1-8H,9H2,(H2,16,17,19). The number of hydrogen-bond acceptors (Lipinski definition) is 5. The van der Waals surface area contributed by atoms with Crippen molar-refractivity contribution in [2.75, 3.05) is 5.32 Å². The molecule has 0 saturated carbocycles. The summed E-state index contributed by atoms with van der Waals surface area (Å²) < 4.78 is 0. The Hall–Kier alpha value is -1.96. The first-order chi connectivity index (χ1) is 10.7. The van der Waals surface area contributed by atoms with Gasteiger partial charge in [0, 0.05) is 4.88 Å². The zero-order valence-corrected chi connectivity index (χ0v) is 13.8. The molecule has 0 aliphatic carbocycles. The van der Waals surface area contributed by atoms with E-state index >= 15 is 0 Å². The minimum Gasteiger partial charge on any atom is -0.333 e. The van der Waals surface area contributed by atoms with Crippen molar-refractivity contribution >= 4 is 50.8 Å². The fourth-order valence-electron chi connectivity index (χ4n) is 1.80. The predicted octanol–water partition coefficient (Wildman–Crippen LogP) is 4.42. The van der Waals surface area contributed by atoms with Crippen LogP contribution in [0.25, 0.3) is 0 Å². The van der Waals surface area contributed by atoms with Crippen molar-refractivity contribution in [3.63, 3.8) is 0 Å². The Kier molecular flexibility index (Phi) is 4.67. The van der Waals surface area contributed by atoms with Crippen molar-refractivity contribution in [2.24, 2.45) is 0 Å². The molecule has 3 rings (SSSR count). The molecule has 0 aliphatic rings. The van der Waals surface area contributed by atoms with Gasteiger partial charge in [0.15, 0.2) is 0 Å². The van der Waals surface area contributed by atoms with Crippen LogP contribution in [0.5, 0.6) is 0 Å². The average molecular weight is 348 g/mol. The van der Waals surface area contributed by atoms with Crippen molar-refractivity contribution in [1.29, 1.82) is 0 Å². The number of rotatable bonds is 5. The van der Waals surface area contributed by atoms with E-state index < -0.39 is 0 Å². The first-order valence-electron chi connectivity index (χ1n) is 6.47. The zero-order chi connectivity index (χ0) is 15.4. The molecular formula is C15H12N2O2S3. The van der Waals surface area contributed by atoms with Crippen molar-refractivity contribution in [2.45, 2.75) is 6.54 Å². The minimum absolute atomic E-state index is 0.0364. The predicted molar refractivity (Wildman–Crippen MR) is 92.2 cm³/mol. The van der Waals surface area contributed by atoms with Crippen LogP contribution in [0.1, 0.15) is 19.4 Å². The fraction of sp³-hybridized carbons (Fsp3) is 0.0667. The first-order valence-corrected chi connectivity index (χ1v) is 9.05. The maximum atomic E-state index is 12.2. The number of amides is 2. The van der Waals surface area contributed by atoms with E-state index in [1.165, 1.54) is 34.0 Å². The van der Waals surface area contributed by atoms with Gasteiger partial charge in [0.2, 0.25) is 5.78 Å². The van der Waals surface area contributed by atoms with Crippen molar-refractivity contribution < 1.29 is 9.59 Å². The molecule has 22 heavy (non-hydrogen) atoms. The first kappa shape index (κ1) is 15.0. The largest absolute Gasteiger partial charge is 0.333 e. The molecule has 0 unspecified atom stereocenters. The van der Waals surface area contributed by atoms with E-state index in [4.69, 9.17) is 0 Å². The van der Waals surface area contributed by atoms with E-state index in [9.17, 15) is 9.59 Å². The third-order valence-corrected chi connectivity index (χ3v) is 5.55. The van der Waals surface area contributed by atoms with Gasteiger partial charge < -0.3 is 5.32 Å². The fourth-order valence-corrected chi connectivity index (χ4v) is 4.05. The summed E-state index contributed by atoms with van der Waals surface area (Å²) in [5, 5.41) is 10.1. The SMILES string of the molecule is O=C(NCc1ccc(C(=O)c2cccs2)s1)Nc1cccs1. The molecule has 112 valence electrons. The van der Waals surface area contributed by atoms with Gasteiger partial charge in [-0.3, -0.25) is 10.1 Å². The minimum atomic E-state index is -0.248. The van der Waals surface area contributed by atoms with Crippen LogP contribution in [-0.2, 0) is 6.54 Å². The lowest BCUT2D eigenvalue weighted by Crippen LogP contribution is -2.27. The second kappa shape index (κ2) is 6.87. The van der Waals surface area contributed by atoms with E-state index in [0.717, 1.165) is 14.8 Å². The maximum absolute atomic E-state index is 12.2. The molecule has 0 spiro atoms. The Morgan fingerprint density at radius 3 is 2.50 bits per heavy atom. The van der Waals surface area contributed by atoms with E-state index in [2.05, 4.69) is 10.6 Å². The third kappa shape index (κ3) is 3.62. The normalized spacial score (nSPS) is 10.4. The summed E-state index contributed by atoms with van der Waals surface area (Å²) in [6, 6.07) is 10.8. The number of ketones is 1. The lowest BCUT2D eigenvalue weighted by molar-refractivity contribution is 0.104. The maximum Gasteiger partial charge on any atom is 0.320 e. The van der Waals surface area contributed by atoms with Crippen LogP contribution in [0.15, 0.2) is 47.2 Å². The molecule has 0 fully saturated rings. The Labute approximate surface area is 139 Å². The van der Waals surface area contributed by atoms with Gasteiger partial charge in [-0.1, -0.05) is 6.07 Å². The smallest absolute Gasteiger partial charge is 0.320 e. The van der Waals surface area contributed by atoms with Crippen molar-refractivity contribution in [1.82, 2.24) is 5.32 Å². The van der Waals surface area contributed by atoms with E-state index in [0.29, 0.717) is 11.4 Å². The second-order valence-electron chi connectivity index (χ2n) is 4.36. The van der Waals surface area contributed by atoms with Crippen molar-refractivity contribution in [3.8, 4) is 0 Å². The summed E-state index contributed by atoms with van der Waals surface area (Å²) in [5.74, 6) is 0.0364. The van der Waals surface area contributed by atoms with E-state index in [1.807, 2.05) is 41.1 Å². The highest BCUT2D eigenvalue weighted by atomic mass is 32.1.